The molecule has 0 fully saturated rings. The van der Waals surface area contributed by atoms with E-state index in [4.69, 9.17) is 4.74 Å². The number of urea groups is 1. The lowest BCUT2D eigenvalue weighted by molar-refractivity contribution is -0.123. The molecule has 0 spiro atoms. The molecule has 0 aliphatic rings. The number of carbonyl (C=O) groups is 3. The van der Waals surface area contributed by atoms with Crippen LogP contribution in [-0.2, 0) is 16.1 Å². The lowest BCUT2D eigenvalue weighted by atomic mass is 10.1. The van der Waals surface area contributed by atoms with Gasteiger partial charge in [0.2, 0.25) is 0 Å². The molecule has 0 unspecified atom stereocenters. The molecular weight excluding hydrogens is 377 g/mol. The highest BCUT2D eigenvalue weighted by Crippen LogP contribution is 2.11. The molecule has 0 saturated heterocycles. The van der Waals surface area contributed by atoms with Gasteiger partial charge in [-0.3, -0.25) is 4.79 Å². The molecule has 154 valence electrons. The monoisotopic (exact) mass is 401 g/mol. The largest absolute Gasteiger partial charge is 0.449 e. The Bertz CT molecular complexity index is 851. The lowest BCUT2D eigenvalue weighted by Crippen LogP contribution is -2.39. The van der Waals surface area contributed by atoms with E-state index in [9.17, 15) is 18.8 Å². The van der Waals surface area contributed by atoms with E-state index in [0.29, 0.717) is 12.2 Å². The average molecular weight is 401 g/mol. The molecule has 0 aromatic heterocycles. The summed E-state index contributed by atoms with van der Waals surface area (Å²) in [6, 6.07) is 11.5. The van der Waals surface area contributed by atoms with E-state index in [2.05, 4.69) is 16.0 Å². The minimum absolute atomic E-state index is 0.0365. The van der Waals surface area contributed by atoms with Crippen molar-refractivity contribution in [2.24, 2.45) is 0 Å². The van der Waals surface area contributed by atoms with Crippen LogP contribution in [0.4, 0.5) is 14.9 Å². The molecule has 0 saturated carbocycles. The number of benzene rings is 2. The predicted octanol–water partition coefficient (Wildman–Crippen LogP) is 3.22. The van der Waals surface area contributed by atoms with Gasteiger partial charge in [-0.15, -0.1) is 0 Å². The molecule has 3 N–H and O–H groups in total. The summed E-state index contributed by atoms with van der Waals surface area (Å²) in [5.74, 6) is -1.59. The molecule has 1 atom stereocenters. The summed E-state index contributed by atoms with van der Waals surface area (Å²) in [5.41, 5.74) is 1.49. The Morgan fingerprint density at radius 2 is 1.59 bits per heavy atom. The first-order valence-corrected chi connectivity index (χ1v) is 9.15. The van der Waals surface area contributed by atoms with Crippen molar-refractivity contribution in [1.29, 1.82) is 0 Å². The molecule has 8 heteroatoms. The standard InChI is InChI=1S/C21H24FN3O4/c1-13(2)24-21(28)23-12-15-4-6-16(7-5-15)20(27)29-14(3)19(26)25-18-10-8-17(22)9-11-18/h4-11,13-14H,12H2,1-3H3,(H,25,26)(H2,23,24,28)/t14-/m1/s1. The molecule has 2 rings (SSSR count). The highest BCUT2D eigenvalue weighted by atomic mass is 19.1. The summed E-state index contributed by atoms with van der Waals surface area (Å²) >= 11 is 0. The first-order chi connectivity index (χ1) is 13.7. The van der Waals surface area contributed by atoms with Gasteiger partial charge in [0.25, 0.3) is 5.91 Å². The third-order valence-electron chi connectivity index (χ3n) is 3.83. The van der Waals surface area contributed by atoms with Gasteiger partial charge in [-0.25, -0.2) is 14.0 Å². The molecular formula is C21H24FN3O4. The van der Waals surface area contributed by atoms with Crippen molar-refractivity contribution in [3.8, 4) is 0 Å². The normalized spacial score (nSPS) is 11.5. The molecule has 0 bridgehead atoms. The number of esters is 1. The van der Waals surface area contributed by atoms with Crippen LogP contribution in [0.3, 0.4) is 0 Å². The zero-order valence-corrected chi connectivity index (χ0v) is 16.5. The number of rotatable bonds is 7. The highest BCUT2D eigenvalue weighted by Gasteiger charge is 2.19. The maximum Gasteiger partial charge on any atom is 0.338 e. The number of anilines is 1. The third kappa shape index (κ3) is 7.25. The number of hydrogen-bond acceptors (Lipinski definition) is 4. The Morgan fingerprint density at radius 3 is 2.17 bits per heavy atom. The second-order valence-electron chi connectivity index (χ2n) is 6.72. The van der Waals surface area contributed by atoms with Crippen LogP contribution in [-0.4, -0.2) is 30.1 Å². The van der Waals surface area contributed by atoms with E-state index in [1.165, 1.54) is 31.2 Å². The van der Waals surface area contributed by atoms with E-state index in [0.717, 1.165) is 5.56 Å². The maximum atomic E-state index is 12.9. The fourth-order valence-electron chi connectivity index (χ4n) is 2.31. The molecule has 3 amide bonds. The Hall–Kier alpha value is -3.42. The fraction of sp³-hybridized carbons (Fsp3) is 0.286. The third-order valence-corrected chi connectivity index (χ3v) is 3.83. The number of hydrogen-bond donors (Lipinski definition) is 3. The summed E-state index contributed by atoms with van der Waals surface area (Å²) in [6.45, 7) is 5.48. The van der Waals surface area contributed by atoms with Crippen LogP contribution in [0.1, 0.15) is 36.7 Å². The summed E-state index contributed by atoms with van der Waals surface area (Å²) in [7, 11) is 0. The Labute approximate surface area is 168 Å². The average Bonchev–Trinajstić information content (AvgIpc) is 2.68. The van der Waals surface area contributed by atoms with E-state index < -0.39 is 23.8 Å². The molecule has 0 aliphatic heterocycles. The van der Waals surface area contributed by atoms with Crippen LogP contribution < -0.4 is 16.0 Å². The molecule has 0 heterocycles. The van der Waals surface area contributed by atoms with Gasteiger partial charge < -0.3 is 20.7 Å². The number of ether oxygens (including phenoxy) is 1. The fourth-order valence-corrected chi connectivity index (χ4v) is 2.31. The summed E-state index contributed by atoms with van der Waals surface area (Å²) in [6.07, 6.45) is -1.03. The summed E-state index contributed by atoms with van der Waals surface area (Å²) < 4.78 is 18.1. The van der Waals surface area contributed by atoms with Crippen LogP contribution in [0.15, 0.2) is 48.5 Å². The molecule has 29 heavy (non-hydrogen) atoms. The van der Waals surface area contributed by atoms with Gasteiger partial charge >= 0.3 is 12.0 Å². The first kappa shape index (κ1) is 21.9. The van der Waals surface area contributed by atoms with Crippen molar-refractivity contribution in [1.82, 2.24) is 10.6 Å². The van der Waals surface area contributed by atoms with Crippen molar-refractivity contribution in [3.05, 3.63) is 65.5 Å². The van der Waals surface area contributed by atoms with E-state index >= 15 is 0 Å². The second kappa shape index (κ2) is 10.2. The van der Waals surface area contributed by atoms with Crippen molar-refractivity contribution in [2.45, 2.75) is 39.5 Å². The molecule has 2 aromatic rings. The number of carbonyl (C=O) groups excluding carboxylic acids is 3. The van der Waals surface area contributed by atoms with E-state index in [-0.39, 0.29) is 17.6 Å². The van der Waals surface area contributed by atoms with Crippen molar-refractivity contribution < 1.29 is 23.5 Å². The smallest absolute Gasteiger partial charge is 0.338 e. The molecule has 2 aromatic carbocycles. The Kier molecular flexibility index (Phi) is 7.70. The topological polar surface area (TPSA) is 96.5 Å². The number of amides is 3. The van der Waals surface area contributed by atoms with Gasteiger partial charge in [0.15, 0.2) is 6.10 Å². The van der Waals surface area contributed by atoms with Crippen LogP contribution in [0, 0.1) is 5.82 Å². The van der Waals surface area contributed by atoms with E-state index in [1.54, 1.807) is 24.3 Å². The van der Waals surface area contributed by atoms with Gasteiger partial charge in [-0.05, 0) is 62.7 Å². The SMILES string of the molecule is CC(C)NC(=O)NCc1ccc(C(=O)O[C@H](C)C(=O)Nc2ccc(F)cc2)cc1. The second-order valence-corrected chi connectivity index (χ2v) is 6.72. The minimum Gasteiger partial charge on any atom is -0.449 e. The molecule has 0 radical (unpaired) electrons. The highest BCUT2D eigenvalue weighted by molar-refractivity contribution is 5.97. The quantitative estimate of drug-likeness (QED) is 0.621. The molecule has 7 nitrogen and oxygen atoms in total. The molecule has 0 aliphatic carbocycles. The summed E-state index contributed by atoms with van der Waals surface area (Å²) in [5, 5.41) is 7.97. The van der Waals surface area contributed by atoms with Gasteiger partial charge in [0.1, 0.15) is 5.82 Å². The van der Waals surface area contributed by atoms with Crippen LogP contribution in [0.2, 0.25) is 0 Å². The Balaban J connectivity index is 1.85. The zero-order chi connectivity index (χ0) is 21.4. The minimum atomic E-state index is -1.03. The Morgan fingerprint density at radius 1 is 0.966 bits per heavy atom. The first-order valence-electron chi connectivity index (χ1n) is 9.15. The van der Waals surface area contributed by atoms with Crippen LogP contribution in [0.5, 0.6) is 0 Å². The maximum absolute atomic E-state index is 12.9. The number of halogens is 1. The zero-order valence-electron chi connectivity index (χ0n) is 16.5. The lowest BCUT2D eigenvalue weighted by Gasteiger charge is -2.14. The van der Waals surface area contributed by atoms with Gasteiger partial charge in [-0.2, -0.15) is 0 Å². The van der Waals surface area contributed by atoms with Gasteiger partial charge in [0.05, 0.1) is 5.56 Å². The van der Waals surface area contributed by atoms with Gasteiger partial charge in [-0.1, -0.05) is 12.1 Å². The van der Waals surface area contributed by atoms with Crippen LogP contribution >= 0.6 is 0 Å². The summed E-state index contributed by atoms with van der Waals surface area (Å²) in [4.78, 5) is 35.9. The van der Waals surface area contributed by atoms with Gasteiger partial charge in [0, 0.05) is 18.3 Å². The predicted molar refractivity (Wildman–Crippen MR) is 107 cm³/mol. The van der Waals surface area contributed by atoms with Crippen molar-refractivity contribution in [3.63, 3.8) is 0 Å². The van der Waals surface area contributed by atoms with E-state index in [1.807, 2.05) is 13.8 Å². The number of nitrogens with one attached hydrogen (secondary N) is 3. The van der Waals surface area contributed by atoms with Crippen molar-refractivity contribution in [2.75, 3.05) is 5.32 Å². The van der Waals surface area contributed by atoms with Crippen LogP contribution in [0.25, 0.3) is 0 Å². The van der Waals surface area contributed by atoms with Crippen molar-refractivity contribution >= 4 is 23.6 Å².